The van der Waals surface area contributed by atoms with Gasteiger partial charge in [-0.2, -0.15) is 0 Å². The number of halogens is 2. The normalized spacial score (nSPS) is 17.8. The number of ether oxygens (including phenoxy) is 2. The van der Waals surface area contributed by atoms with Crippen LogP contribution in [0.15, 0.2) is 17.1 Å². The Balaban J connectivity index is 0.00000280. The smallest absolute Gasteiger partial charge is 0.231 e. The van der Waals surface area contributed by atoms with Gasteiger partial charge in [0.05, 0.1) is 11.6 Å². The number of hydrogen-bond acceptors (Lipinski definition) is 4. The lowest BCUT2D eigenvalue weighted by Gasteiger charge is -2.37. The number of nitrogens with one attached hydrogen (secondary N) is 2. The first-order valence-electron chi connectivity index (χ1n) is 9.87. The van der Waals surface area contributed by atoms with Crippen molar-refractivity contribution in [1.82, 2.24) is 10.6 Å². The molecule has 1 aromatic carbocycles. The highest BCUT2D eigenvalue weighted by atomic mass is 127. The molecule has 0 amide bonds. The lowest BCUT2D eigenvalue weighted by molar-refractivity contribution is 0.131. The van der Waals surface area contributed by atoms with Crippen molar-refractivity contribution < 1.29 is 14.6 Å². The summed E-state index contributed by atoms with van der Waals surface area (Å²) in [6, 6.07) is 3.80. The molecule has 1 aliphatic heterocycles. The standard InChI is InChI=1S/C20H30ClN3O3.HI/c1-2-22-19(24-13-20(8-9-25)6-4-3-5-7-20)23-12-15-10-16(21)18-17(11-15)26-14-27-18;/h10-11,25H,2-9,12-14H2,1H3,(H2,22,23,24);1H. The monoisotopic (exact) mass is 523 g/mol. The van der Waals surface area contributed by atoms with E-state index in [9.17, 15) is 5.11 Å². The molecule has 3 rings (SSSR count). The fourth-order valence-corrected chi connectivity index (χ4v) is 4.24. The quantitative estimate of drug-likeness (QED) is 0.285. The number of rotatable bonds is 7. The molecule has 28 heavy (non-hydrogen) atoms. The van der Waals surface area contributed by atoms with Gasteiger partial charge in [0, 0.05) is 19.7 Å². The number of aliphatic hydroxyl groups is 1. The maximum absolute atomic E-state index is 9.50. The van der Waals surface area contributed by atoms with Crippen LogP contribution in [0.5, 0.6) is 11.5 Å². The van der Waals surface area contributed by atoms with E-state index >= 15 is 0 Å². The molecule has 3 N–H and O–H groups in total. The molecule has 1 aliphatic carbocycles. The molecule has 1 heterocycles. The van der Waals surface area contributed by atoms with Gasteiger partial charge in [-0.15, -0.1) is 24.0 Å². The highest BCUT2D eigenvalue weighted by Crippen LogP contribution is 2.40. The van der Waals surface area contributed by atoms with Crippen molar-refractivity contribution in [2.45, 2.75) is 52.0 Å². The summed E-state index contributed by atoms with van der Waals surface area (Å²) in [6.45, 7) is 4.63. The van der Waals surface area contributed by atoms with Crippen molar-refractivity contribution >= 4 is 41.5 Å². The third-order valence-corrected chi connectivity index (χ3v) is 5.72. The lowest BCUT2D eigenvalue weighted by atomic mass is 9.72. The minimum absolute atomic E-state index is 0. The van der Waals surface area contributed by atoms with Gasteiger partial charge in [0.1, 0.15) is 0 Å². The largest absolute Gasteiger partial charge is 0.454 e. The number of guanidine groups is 1. The van der Waals surface area contributed by atoms with E-state index in [0.29, 0.717) is 23.1 Å². The van der Waals surface area contributed by atoms with Crippen LogP contribution in [0.1, 0.15) is 51.0 Å². The number of hydrogen-bond donors (Lipinski definition) is 3. The summed E-state index contributed by atoms with van der Waals surface area (Å²) >= 11 is 6.26. The van der Waals surface area contributed by atoms with E-state index in [1.807, 2.05) is 12.1 Å². The average Bonchev–Trinajstić information content (AvgIpc) is 3.14. The van der Waals surface area contributed by atoms with E-state index in [1.165, 1.54) is 19.3 Å². The van der Waals surface area contributed by atoms with Crippen molar-refractivity contribution in [2.75, 3.05) is 26.5 Å². The molecule has 8 heteroatoms. The fourth-order valence-electron chi connectivity index (χ4n) is 3.95. The molecule has 1 saturated carbocycles. The summed E-state index contributed by atoms with van der Waals surface area (Å²) < 4.78 is 10.8. The fraction of sp³-hybridized carbons (Fsp3) is 0.650. The first kappa shape index (κ1) is 23.3. The van der Waals surface area contributed by atoms with Gasteiger partial charge in [-0.3, -0.25) is 0 Å². The van der Waals surface area contributed by atoms with Crippen LogP contribution < -0.4 is 20.1 Å². The minimum Gasteiger partial charge on any atom is -0.454 e. The van der Waals surface area contributed by atoms with E-state index in [1.54, 1.807) is 0 Å². The number of nitrogens with zero attached hydrogens (tertiary/aromatic N) is 1. The van der Waals surface area contributed by atoms with Crippen LogP contribution in [0.25, 0.3) is 0 Å². The molecule has 0 bridgehead atoms. The van der Waals surface area contributed by atoms with E-state index in [2.05, 4.69) is 17.6 Å². The minimum atomic E-state index is 0. The van der Waals surface area contributed by atoms with Gasteiger partial charge >= 0.3 is 0 Å². The summed E-state index contributed by atoms with van der Waals surface area (Å²) in [5.41, 5.74) is 1.15. The summed E-state index contributed by atoms with van der Waals surface area (Å²) in [7, 11) is 0. The Hall–Kier alpha value is -0.930. The van der Waals surface area contributed by atoms with E-state index < -0.39 is 0 Å². The van der Waals surface area contributed by atoms with Gasteiger partial charge in [0.25, 0.3) is 0 Å². The Morgan fingerprint density at radius 3 is 2.71 bits per heavy atom. The van der Waals surface area contributed by atoms with Crippen LogP contribution in [-0.2, 0) is 6.54 Å². The summed E-state index contributed by atoms with van der Waals surface area (Å²) in [4.78, 5) is 4.70. The summed E-state index contributed by atoms with van der Waals surface area (Å²) in [5.74, 6) is 2.07. The number of fused-ring (bicyclic) bond motifs is 1. The van der Waals surface area contributed by atoms with E-state index in [-0.39, 0.29) is 42.8 Å². The average molecular weight is 524 g/mol. The van der Waals surface area contributed by atoms with Crippen LogP contribution in [0.3, 0.4) is 0 Å². The van der Waals surface area contributed by atoms with Crippen molar-refractivity contribution in [2.24, 2.45) is 10.4 Å². The second kappa shape index (κ2) is 11.3. The Morgan fingerprint density at radius 2 is 2.00 bits per heavy atom. The highest BCUT2D eigenvalue weighted by molar-refractivity contribution is 14.0. The maximum Gasteiger partial charge on any atom is 0.231 e. The topological polar surface area (TPSA) is 75.1 Å². The molecule has 2 aliphatic rings. The molecule has 158 valence electrons. The molecule has 0 radical (unpaired) electrons. The number of benzene rings is 1. The molecule has 1 aromatic rings. The summed E-state index contributed by atoms with van der Waals surface area (Å²) in [6.07, 6.45) is 6.95. The molecule has 0 aromatic heterocycles. The van der Waals surface area contributed by atoms with Crippen molar-refractivity contribution in [3.05, 3.63) is 22.7 Å². The van der Waals surface area contributed by atoms with Crippen molar-refractivity contribution in [1.29, 1.82) is 0 Å². The van der Waals surface area contributed by atoms with Gasteiger partial charge in [0.2, 0.25) is 6.79 Å². The van der Waals surface area contributed by atoms with E-state index in [4.69, 9.17) is 26.1 Å². The molecular weight excluding hydrogens is 493 g/mol. The molecule has 0 spiro atoms. The van der Waals surface area contributed by atoms with Gasteiger partial charge in [-0.25, -0.2) is 4.99 Å². The molecule has 1 fully saturated rings. The third-order valence-electron chi connectivity index (χ3n) is 5.44. The van der Waals surface area contributed by atoms with Crippen molar-refractivity contribution in [3.63, 3.8) is 0 Å². The first-order chi connectivity index (χ1) is 13.2. The van der Waals surface area contributed by atoms with Crippen LogP contribution in [0, 0.1) is 5.41 Å². The number of aliphatic hydroxyl groups excluding tert-OH is 1. The predicted molar refractivity (Wildman–Crippen MR) is 123 cm³/mol. The van der Waals surface area contributed by atoms with Crippen LogP contribution in [-0.4, -0.2) is 37.6 Å². The second-order valence-corrected chi connectivity index (χ2v) is 7.80. The third kappa shape index (κ3) is 6.03. The molecule has 0 atom stereocenters. The zero-order valence-electron chi connectivity index (χ0n) is 16.4. The predicted octanol–water partition coefficient (Wildman–Crippen LogP) is 4.07. The number of aliphatic imine (C=N–C) groups is 1. The highest BCUT2D eigenvalue weighted by Gasteiger charge is 2.31. The second-order valence-electron chi connectivity index (χ2n) is 7.39. The van der Waals surface area contributed by atoms with Gasteiger partial charge in [0.15, 0.2) is 17.5 Å². The molecular formula is C20H31ClIN3O3. The Kier molecular flexibility index (Phi) is 9.43. The Bertz CT molecular complexity index is 661. The van der Waals surface area contributed by atoms with Gasteiger partial charge < -0.3 is 25.2 Å². The van der Waals surface area contributed by atoms with E-state index in [0.717, 1.165) is 43.9 Å². The SMILES string of the molecule is CCNC(=NCc1cc(Cl)c2c(c1)OCO2)NCC1(CCO)CCCCC1.I. The van der Waals surface area contributed by atoms with Crippen LogP contribution in [0.4, 0.5) is 0 Å². The van der Waals surface area contributed by atoms with Crippen LogP contribution in [0.2, 0.25) is 5.02 Å². The molecule has 6 nitrogen and oxygen atoms in total. The summed E-state index contributed by atoms with van der Waals surface area (Å²) in [5, 5.41) is 16.9. The van der Waals surface area contributed by atoms with Gasteiger partial charge in [-0.1, -0.05) is 30.9 Å². The molecule has 0 saturated heterocycles. The Labute approximate surface area is 189 Å². The maximum atomic E-state index is 9.50. The lowest BCUT2D eigenvalue weighted by Crippen LogP contribution is -2.44. The van der Waals surface area contributed by atoms with Crippen LogP contribution >= 0.6 is 35.6 Å². The Morgan fingerprint density at radius 1 is 1.21 bits per heavy atom. The molecule has 0 unspecified atom stereocenters. The first-order valence-corrected chi connectivity index (χ1v) is 10.2. The van der Waals surface area contributed by atoms with Crippen molar-refractivity contribution in [3.8, 4) is 11.5 Å². The zero-order valence-corrected chi connectivity index (χ0v) is 19.5. The van der Waals surface area contributed by atoms with Gasteiger partial charge in [-0.05, 0) is 49.3 Å². The zero-order chi connectivity index (χ0) is 19.1.